The minimum absolute atomic E-state index is 0.0809. The van der Waals surface area contributed by atoms with Gasteiger partial charge in [0.05, 0.1) is 24.3 Å². The monoisotopic (exact) mass is 426 g/mol. The van der Waals surface area contributed by atoms with Gasteiger partial charge in [0.1, 0.15) is 17.4 Å². The van der Waals surface area contributed by atoms with Crippen LogP contribution in [0, 0.1) is 13.8 Å². The number of hydrogen-bond donors (Lipinski definition) is 1. The average Bonchev–Trinajstić information content (AvgIpc) is 3.17. The van der Waals surface area contributed by atoms with Crippen LogP contribution in [0.2, 0.25) is 0 Å². The summed E-state index contributed by atoms with van der Waals surface area (Å²) in [5.74, 6) is 1.12. The molecule has 0 aromatic carbocycles. The number of nitrogens with two attached hydrogens (primary N) is 1. The molecule has 9 heteroatoms. The molecule has 1 unspecified atom stereocenters. The van der Waals surface area contributed by atoms with E-state index in [4.69, 9.17) is 20.2 Å². The van der Waals surface area contributed by atoms with Crippen LogP contribution >= 0.6 is 0 Å². The van der Waals surface area contributed by atoms with Crippen LogP contribution < -0.4 is 5.73 Å². The Morgan fingerprint density at radius 3 is 2.74 bits per heavy atom. The summed E-state index contributed by atoms with van der Waals surface area (Å²) in [6.07, 6.45) is 3.01. The largest absolute Gasteiger partial charge is 0.382 e. The molecule has 3 heterocycles. The number of amides is 1. The molecule has 1 amide bonds. The number of aromatic nitrogens is 4. The Kier molecular flexibility index (Phi) is 7.19. The first-order valence-corrected chi connectivity index (χ1v) is 10.2. The number of nitrogens with zero attached hydrogens (tertiary/aromatic N) is 5. The van der Waals surface area contributed by atoms with Crippen LogP contribution in [-0.2, 0) is 16.0 Å². The topological polar surface area (TPSA) is 108 Å². The maximum atomic E-state index is 12.4. The van der Waals surface area contributed by atoms with Crippen LogP contribution in [0.4, 0.5) is 5.82 Å². The van der Waals surface area contributed by atoms with Gasteiger partial charge in [0.25, 0.3) is 5.91 Å². The summed E-state index contributed by atoms with van der Waals surface area (Å²) in [6.45, 7) is 7.86. The highest BCUT2D eigenvalue weighted by Crippen LogP contribution is 2.29. The van der Waals surface area contributed by atoms with Gasteiger partial charge < -0.3 is 24.7 Å². The highest BCUT2D eigenvalue weighted by Gasteiger charge is 2.21. The number of hydrogen-bond acceptors (Lipinski definition) is 7. The molecule has 0 bridgehead atoms. The number of pyridine rings is 2. The summed E-state index contributed by atoms with van der Waals surface area (Å²) < 4.78 is 13.4. The first-order chi connectivity index (χ1) is 14.8. The minimum Gasteiger partial charge on any atom is -0.382 e. The van der Waals surface area contributed by atoms with Crippen LogP contribution in [0.5, 0.6) is 0 Å². The molecule has 0 saturated carbocycles. The molecule has 0 spiro atoms. The Labute approximate surface area is 182 Å². The molecule has 9 nitrogen and oxygen atoms in total. The Morgan fingerprint density at radius 1 is 1.29 bits per heavy atom. The number of methoxy groups -OCH3 is 1. The summed E-state index contributed by atoms with van der Waals surface area (Å²) in [5, 5.41) is 0. The van der Waals surface area contributed by atoms with E-state index in [1.165, 1.54) is 0 Å². The van der Waals surface area contributed by atoms with Gasteiger partial charge in [0.2, 0.25) is 0 Å². The van der Waals surface area contributed by atoms with Crippen LogP contribution in [0.1, 0.15) is 40.5 Å². The highest BCUT2D eigenvalue weighted by atomic mass is 16.5. The van der Waals surface area contributed by atoms with E-state index in [9.17, 15) is 4.79 Å². The van der Waals surface area contributed by atoms with E-state index in [-0.39, 0.29) is 12.0 Å². The van der Waals surface area contributed by atoms with Crippen molar-refractivity contribution in [3.63, 3.8) is 0 Å². The summed E-state index contributed by atoms with van der Waals surface area (Å²) >= 11 is 0. The molecule has 0 aliphatic heterocycles. The number of fused-ring (bicyclic) bond motifs is 1. The molecular weight excluding hydrogens is 396 g/mol. The van der Waals surface area contributed by atoms with Crippen molar-refractivity contribution in [3.05, 3.63) is 47.2 Å². The van der Waals surface area contributed by atoms with Crippen molar-refractivity contribution in [2.45, 2.75) is 33.4 Å². The second-order valence-electron chi connectivity index (χ2n) is 7.49. The maximum absolute atomic E-state index is 12.4. The molecule has 31 heavy (non-hydrogen) atoms. The van der Waals surface area contributed by atoms with Gasteiger partial charge in [-0.15, -0.1) is 0 Å². The SMILES string of the molecule is COC(C)c1nc2c(N)nc(C)c(C)c2n1CCOCCN(C)C(=O)c1cccnc1. The Morgan fingerprint density at radius 2 is 2.06 bits per heavy atom. The second kappa shape index (κ2) is 9.84. The number of anilines is 1. The maximum Gasteiger partial charge on any atom is 0.255 e. The lowest BCUT2D eigenvalue weighted by molar-refractivity contribution is 0.0676. The van der Waals surface area contributed by atoms with Crippen LogP contribution in [-0.4, -0.2) is 64.2 Å². The molecule has 3 aromatic heterocycles. The second-order valence-corrected chi connectivity index (χ2v) is 7.49. The first-order valence-electron chi connectivity index (χ1n) is 10.2. The molecule has 0 fully saturated rings. The lowest BCUT2D eigenvalue weighted by atomic mass is 10.2. The number of imidazole rings is 1. The number of carbonyl (C=O) groups excluding carboxylic acids is 1. The summed E-state index contributed by atoms with van der Waals surface area (Å²) in [4.78, 5) is 27.1. The van der Waals surface area contributed by atoms with Crippen molar-refractivity contribution in [1.82, 2.24) is 24.4 Å². The van der Waals surface area contributed by atoms with Gasteiger partial charge in [0.15, 0.2) is 5.82 Å². The van der Waals surface area contributed by atoms with Gasteiger partial charge in [-0.1, -0.05) is 0 Å². The third-order valence-electron chi connectivity index (χ3n) is 5.43. The zero-order chi connectivity index (χ0) is 22.5. The molecule has 3 aromatic rings. The fourth-order valence-corrected chi connectivity index (χ4v) is 3.43. The fourth-order valence-electron chi connectivity index (χ4n) is 3.43. The van der Waals surface area contributed by atoms with Crippen molar-refractivity contribution in [1.29, 1.82) is 0 Å². The average molecular weight is 427 g/mol. The lowest BCUT2D eigenvalue weighted by Gasteiger charge is -2.18. The van der Waals surface area contributed by atoms with Crippen molar-refractivity contribution in [2.24, 2.45) is 0 Å². The van der Waals surface area contributed by atoms with E-state index in [0.29, 0.717) is 43.2 Å². The third kappa shape index (κ3) is 4.83. The highest BCUT2D eigenvalue weighted by molar-refractivity contribution is 5.93. The van der Waals surface area contributed by atoms with Gasteiger partial charge in [-0.05, 0) is 38.5 Å². The van der Waals surface area contributed by atoms with E-state index in [2.05, 4.69) is 14.5 Å². The van der Waals surface area contributed by atoms with Crippen molar-refractivity contribution < 1.29 is 14.3 Å². The number of likely N-dealkylation sites (N-methyl/N-ethyl adjacent to an activating group) is 1. The van der Waals surface area contributed by atoms with E-state index >= 15 is 0 Å². The molecule has 0 radical (unpaired) electrons. The number of aryl methyl sites for hydroxylation is 2. The van der Waals surface area contributed by atoms with Crippen LogP contribution in [0.15, 0.2) is 24.5 Å². The van der Waals surface area contributed by atoms with Gasteiger partial charge >= 0.3 is 0 Å². The van der Waals surface area contributed by atoms with Crippen molar-refractivity contribution in [2.75, 3.05) is 39.6 Å². The summed E-state index contributed by atoms with van der Waals surface area (Å²) in [5.41, 5.74) is 10.2. The standard InChI is InChI=1S/C22H30N6O3/c1-14-15(2)25-20(23)18-19(14)28(21(26-18)16(3)30-5)10-12-31-11-9-27(4)22(29)17-7-6-8-24-13-17/h6-8,13,16H,9-12H2,1-5H3,(H2,23,25). The minimum atomic E-state index is -0.199. The van der Waals surface area contributed by atoms with Gasteiger partial charge in [-0.3, -0.25) is 9.78 Å². The third-order valence-corrected chi connectivity index (χ3v) is 5.43. The molecular formula is C22H30N6O3. The molecule has 2 N–H and O–H groups in total. The van der Waals surface area contributed by atoms with Crippen LogP contribution in [0.3, 0.4) is 0 Å². The van der Waals surface area contributed by atoms with Crippen molar-refractivity contribution in [3.8, 4) is 0 Å². The Hall–Kier alpha value is -3.04. The smallest absolute Gasteiger partial charge is 0.255 e. The quantitative estimate of drug-likeness (QED) is 0.524. The number of rotatable bonds is 9. The van der Waals surface area contributed by atoms with Crippen molar-refractivity contribution >= 4 is 22.8 Å². The van der Waals surface area contributed by atoms with Gasteiger partial charge in [-0.2, -0.15) is 0 Å². The number of carbonyl (C=O) groups is 1. The van der Waals surface area contributed by atoms with E-state index in [0.717, 1.165) is 22.6 Å². The van der Waals surface area contributed by atoms with E-state index < -0.39 is 0 Å². The fraction of sp³-hybridized carbons (Fsp3) is 0.455. The van der Waals surface area contributed by atoms with E-state index in [1.807, 2.05) is 20.8 Å². The molecule has 0 aliphatic carbocycles. The summed E-state index contributed by atoms with van der Waals surface area (Å²) in [6, 6.07) is 3.50. The molecule has 0 saturated heterocycles. The molecule has 3 rings (SSSR count). The Bertz CT molecular complexity index is 1050. The molecule has 166 valence electrons. The van der Waals surface area contributed by atoms with E-state index in [1.54, 1.807) is 43.6 Å². The predicted molar refractivity (Wildman–Crippen MR) is 119 cm³/mol. The summed E-state index contributed by atoms with van der Waals surface area (Å²) in [7, 11) is 3.40. The van der Waals surface area contributed by atoms with Gasteiger partial charge in [0, 0.05) is 45.3 Å². The number of nitrogen functional groups attached to an aromatic ring is 1. The number of ether oxygens (including phenoxy) is 2. The van der Waals surface area contributed by atoms with Gasteiger partial charge in [-0.25, -0.2) is 9.97 Å². The molecule has 0 aliphatic rings. The zero-order valence-electron chi connectivity index (χ0n) is 18.8. The normalized spacial score (nSPS) is 12.3. The van der Waals surface area contributed by atoms with Crippen LogP contribution in [0.25, 0.3) is 11.0 Å². The predicted octanol–water partition coefficient (Wildman–Crippen LogP) is 2.52. The first kappa shape index (κ1) is 22.6. The lowest BCUT2D eigenvalue weighted by Crippen LogP contribution is -2.30. The Balaban J connectivity index is 1.66. The zero-order valence-corrected chi connectivity index (χ0v) is 18.8. The molecule has 1 atom stereocenters.